The average Bonchev–Trinajstić information content (AvgIpc) is 2.66. The standard InChI is InChI=1S/C20H23N7/c1-13-22-18-10-21-8-7-16(18)20(23-13)26(2)15-11-27(12-15)19-9-14-5-3-4-6-17(14)24-25-19/h7-10,15H,3-6,11-12H2,1-2H3. The normalized spacial score (nSPS) is 16.9. The van der Waals surface area contributed by atoms with Gasteiger partial charge in [0.15, 0.2) is 5.82 Å². The van der Waals surface area contributed by atoms with Crippen LogP contribution in [0.2, 0.25) is 0 Å². The highest BCUT2D eigenvalue weighted by molar-refractivity contribution is 5.89. The van der Waals surface area contributed by atoms with Crippen molar-refractivity contribution in [1.82, 2.24) is 25.1 Å². The Morgan fingerprint density at radius 3 is 2.85 bits per heavy atom. The second-order valence-electron chi connectivity index (χ2n) is 7.54. The Labute approximate surface area is 158 Å². The molecule has 0 radical (unpaired) electrons. The number of likely N-dealkylation sites (N-methyl/N-ethyl adjacent to an activating group) is 1. The first kappa shape index (κ1) is 16.4. The molecule has 0 aromatic carbocycles. The number of rotatable bonds is 3. The van der Waals surface area contributed by atoms with Crippen LogP contribution in [-0.2, 0) is 12.8 Å². The summed E-state index contributed by atoms with van der Waals surface area (Å²) in [5, 5.41) is 9.98. The van der Waals surface area contributed by atoms with Crippen molar-refractivity contribution >= 4 is 22.5 Å². The lowest BCUT2D eigenvalue weighted by molar-refractivity contribution is 0.487. The average molecular weight is 361 g/mol. The summed E-state index contributed by atoms with van der Waals surface area (Å²) in [6.07, 6.45) is 8.31. The molecule has 0 atom stereocenters. The van der Waals surface area contributed by atoms with Gasteiger partial charge in [-0.3, -0.25) is 4.98 Å². The van der Waals surface area contributed by atoms with Crippen LogP contribution in [-0.4, -0.2) is 51.3 Å². The molecule has 1 aliphatic heterocycles. The SMILES string of the molecule is Cc1nc(N(C)C2CN(c3cc4c(nn3)CCCC4)C2)c2ccncc2n1. The van der Waals surface area contributed by atoms with Crippen LogP contribution in [0.15, 0.2) is 24.5 Å². The number of fused-ring (bicyclic) bond motifs is 2. The molecule has 0 bridgehead atoms. The van der Waals surface area contributed by atoms with E-state index in [0.717, 1.165) is 54.3 Å². The van der Waals surface area contributed by atoms with Crippen LogP contribution in [0.25, 0.3) is 10.9 Å². The second-order valence-corrected chi connectivity index (χ2v) is 7.54. The molecule has 4 heterocycles. The van der Waals surface area contributed by atoms with Crippen molar-refractivity contribution in [3.8, 4) is 0 Å². The molecule has 7 nitrogen and oxygen atoms in total. The first-order valence-electron chi connectivity index (χ1n) is 9.60. The van der Waals surface area contributed by atoms with Gasteiger partial charge in [-0.2, -0.15) is 5.10 Å². The zero-order valence-electron chi connectivity index (χ0n) is 15.8. The lowest BCUT2D eigenvalue weighted by atomic mass is 9.96. The van der Waals surface area contributed by atoms with Crippen LogP contribution >= 0.6 is 0 Å². The van der Waals surface area contributed by atoms with Crippen LogP contribution in [0.3, 0.4) is 0 Å². The molecule has 0 amide bonds. The summed E-state index contributed by atoms with van der Waals surface area (Å²) in [6.45, 7) is 3.79. The molecule has 1 fully saturated rings. The highest BCUT2D eigenvalue weighted by atomic mass is 15.4. The van der Waals surface area contributed by atoms with Gasteiger partial charge in [0.05, 0.1) is 23.4 Å². The van der Waals surface area contributed by atoms with Crippen molar-refractivity contribution in [2.24, 2.45) is 0 Å². The maximum Gasteiger partial charge on any atom is 0.151 e. The highest BCUT2D eigenvalue weighted by Gasteiger charge is 2.33. The van der Waals surface area contributed by atoms with Crippen molar-refractivity contribution in [2.45, 2.75) is 38.6 Å². The van der Waals surface area contributed by atoms with E-state index in [4.69, 9.17) is 4.98 Å². The number of anilines is 2. The molecule has 3 aromatic rings. The summed E-state index contributed by atoms with van der Waals surface area (Å²) in [5.41, 5.74) is 3.47. The van der Waals surface area contributed by atoms with E-state index in [1.54, 1.807) is 12.4 Å². The van der Waals surface area contributed by atoms with Gasteiger partial charge in [-0.05, 0) is 50.3 Å². The van der Waals surface area contributed by atoms with Gasteiger partial charge in [0.1, 0.15) is 11.6 Å². The Hall–Kier alpha value is -2.83. The summed E-state index contributed by atoms with van der Waals surface area (Å²) >= 11 is 0. The Balaban J connectivity index is 1.35. The molecule has 27 heavy (non-hydrogen) atoms. The maximum atomic E-state index is 4.70. The molecule has 0 unspecified atom stereocenters. The van der Waals surface area contributed by atoms with Crippen molar-refractivity contribution in [2.75, 3.05) is 29.9 Å². The van der Waals surface area contributed by atoms with Gasteiger partial charge in [0, 0.05) is 31.7 Å². The van der Waals surface area contributed by atoms with Crippen molar-refractivity contribution in [3.05, 3.63) is 41.6 Å². The van der Waals surface area contributed by atoms with Gasteiger partial charge in [-0.1, -0.05) is 0 Å². The first-order valence-corrected chi connectivity index (χ1v) is 9.60. The van der Waals surface area contributed by atoms with E-state index in [2.05, 4.69) is 43.1 Å². The topological polar surface area (TPSA) is 70.9 Å². The van der Waals surface area contributed by atoms with Crippen LogP contribution in [0.4, 0.5) is 11.6 Å². The number of nitrogens with zero attached hydrogens (tertiary/aromatic N) is 7. The zero-order chi connectivity index (χ0) is 18.4. The molecule has 2 aliphatic rings. The van der Waals surface area contributed by atoms with E-state index in [1.165, 1.54) is 24.1 Å². The number of pyridine rings is 1. The Bertz CT molecular complexity index is 997. The van der Waals surface area contributed by atoms with Crippen molar-refractivity contribution < 1.29 is 0 Å². The predicted molar refractivity (Wildman–Crippen MR) is 105 cm³/mol. The van der Waals surface area contributed by atoms with E-state index in [1.807, 2.05) is 13.0 Å². The van der Waals surface area contributed by atoms with Gasteiger partial charge in [0.25, 0.3) is 0 Å². The Morgan fingerprint density at radius 1 is 1.11 bits per heavy atom. The van der Waals surface area contributed by atoms with E-state index in [-0.39, 0.29) is 0 Å². The summed E-state index contributed by atoms with van der Waals surface area (Å²) in [4.78, 5) is 18.0. The number of hydrogen-bond acceptors (Lipinski definition) is 7. The predicted octanol–water partition coefficient (Wildman–Crippen LogP) is 2.33. The number of aromatic nitrogens is 5. The minimum Gasteiger partial charge on any atom is -0.352 e. The summed E-state index contributed by atoms with van der Waals surface area (Å²) in [6, 6.07) is 4.63. The number of aryl methyl sites for hydroxylation is 3. The van der Waals surface area contributed by atoms with Crippen LogP contribution in [0, 0.1) is 6.92 Å². The monoisotopic (exact) mass is 361 g/mol. The molecule has 7 heteroatoms. The fraction of sp³-hybridized carbons (Fsp3) is 0.450. The van der Waals surface area contributed by atoms with E-state index in [0.29, 0.717) is 6.04 Å². The second kappa shape index (κ2) is 6.40. The Kier molecular flexibility index (Phi) is 3.88. The van der Waals surface area contributed by atoms with E-state index < -0.39 is 0 Å². The molecule has 0 spiro atoms. The van der Waals surface area contributed by atoms with Gasteiger partial charge >= 0.3 is 0 Å². The lowest BCUT2D eigenvalue weighted by Crippen LogP contribution is -2.59. The van der Waals surface area contributed by atoms with E-state index >= 15 is 0 Å². The first-order chi connectivity index (χ1) is 13.2. The maximum absolute atomic E-state index is 4.70. The third kappa shape index (κ3) is 2.87. The third-order valence-corrected chi connectivity index (χ3v) is 5.72. The molecule has 1 aliphatic carbocycles. The van der Waals surface area contributed by atoms with Crippen LogP contribution in [0.1, 0.15) is 29.9 Å². The molecule has 0 saturated carbocycles. The van der Waals surface area contributed by atoms with Gasteiger partial charge in [-0.25, -0.2) is 9.97 Å². The highest BCUT2D eigenvalue weighted by Crippen LogP contribution is 2.29. The molecule has 1 saturated heterocycles. The van der Waals surface area contributed by atoms with Crippen molar-refractivity contribution in [1.29, 1.82) is 0 Å². The molecule has 0 N–H and O–H groups in total. The third-order valence-electron chi connectivity index (χ3n) is 5.72. The molecular weight excluding hydrogens is 338 g/mol. The fourth-order valence-corrected chi connectivity index (χ4v) is 4.04. The van der Waals surface area contributed by atoms with Gasteiger partial charge in [-0.15, -0.1) is 5.10 Å². The van der Waals surface area contributed by atoms with Crippen LogP contribution in [0.5, 0.6) is 0 Å². The minimum absolute atomic E-state index is 0.397. The quantitative estimate of drug-likeness (QED) is 0.709. The molecule has 138 valence electrons. The minimum atomic E-state index is 0.397. The molecule has 3 aromatic heterocycles. The van der Waals surface area contributed by atoms with Crippen LogP contribution < -0.4 is 9.80 Å². The number of hydrogen-bond donors (Lipinski definition) is 0. The lowest BCUT2D eigenvalue weighted by Gasteiger charge is -2.45. The summed E-state index contributed by atoms with van der Waals surface area (Å²) < 4.78 is 0. The largest absolute Gasteiger partial charge is 0.352 e. The fourth-order valence-electron chi connectivity index (χ4n) is 4.04. The molecule has 5 rings (SSSR count). The smallest absolute Gasteiger partial charge is 0.151 e. The van der Waals surface area contributed by atoms with E-state index in [9.17, 15) is 0 Å². The molecular formula is C20H23N7. The van der Waals surface area contributed by atoms with Gasteiger partial charge in [0.2, 0.25) is 0 Å². The zero-order valence-corrected chi connectivity index (χ0v) is 15.8. The summed E-state index contributed by atoms with van der Waals surface area (Å²) in [5.74, 6) is 2.75. The van der Waals surface area contributed by atoms with Gasteiger partial charge < -0.3 is 9.80 Å². The summed E-state index contributed by atoms with van der Waals surface area (Å²) in [7, 11) is 2.11. The Morgan fingerprint density at radius 2 is 1.96 bits per heavy atom. The van der Waals surface area contributed by atoms with Crippen molar-refractivity contribution in [3.63, 3.8) is 0 Å².